The van der Waals surface area contributed by atoms with Crippen molar-refractivity contribution in [2.24, 2.45) is 0 Å². The molecule has 3 rings (SSSR count). The van der Waals surface area contributed by atoms with Crippen LogP contribution in [0.4, 0.5) is 5.69 Å². The van der Waals surface area contributed by atoms with Gasteiger partial charge in [-0.1, -0.05) is 18.2 Å². The van der Waals surface area contributed by atoms with E-state index in [0.717, 1.165) is 10.9 Å². The highest BCUT2D eigenvalue weighted by atomic mass is 32.1. The van der Waals surface area contributed by atoms with Gasteiger partial charge in [-0.05, 0) is 35.0 Å². The second kappa shape index (κ2) is 5.46. The van der Waals surface area contributed by atoms with Gasteiger partial charge < -0.3 is 15.6 Å². The first-order chi connectivity index (χ1) is 10.1. The molecule has 4 nitrogen and oxygen atoms in total. The van der Waals surface area contributed by atoms with Crippen LogP contribution in [0.25, 0.3) is 10.1 Å². The Morgan fingerprint density at radius 2 is 2.05 bits per heavy atom. The molecule has 5 heteroatoms. The van der Waals surface area contributed by atoms with Gasteiger partial charge in [0.25, 0.3) is 0 Å². The summed E-state index contributed by atoms with van der Waals surface area (Å²) in [6, 6.07) is 12.7. The first kappa shape index (κ1) is 13.5. The van der Waals surface area contributed by atoms with Crippen LogP contribution >= 0.6 is 11.3 Å². The first-order valence-electron chi connectivity index (χ1n) is 6.36. The molecule has 0 radical (unpaired) electrons. The molecule has 106 valence electrons. The van der Waals surface area contributed by atoms with Crippen LogP contribution in [-0.2, 0) is 6.61 Å². The van der Waals surface area contributed by atoms with Crippen LogP contribution in [0.5, 0.6) is 5.75 Å². The lowest BCUT2D eigenvalue weighted by Crippen LogP contribution is -2.04. The average molecular weight is 299 g/mol. The molecule has 1 aromatic heterocycles. The highest BCUT2D eigenvalue weighted by molar-refractivity contribution is 7.17. The SMILES string of the molecule is Nc1ccc(OCc2csc3ccccc23)c(C(=O)O)c1. The predicted molar refractivity (Wildman–Crippen MR) is 84.0 cm³/mol. The minimum atomic E-state index is -1.05. The van der Waals surface area contributed by atoms with E-state index in [0.29, 0.717) is 18.0 Å². The molecule has 1 heterocycles. The monoisotopic (exact) mass is 299 g/mol. The summed E-state index contributed by atoms with van der Waals surface area (Å²) in [5.74, 6) is -0.723. The molecular formula is C16H13NO3S. The van der Waals surface area contributed by atoms with E-state index in [9.17, 15) is 9.90 Å². The summed E-state index contributed by atoms with van der Waals surface area (Å²) in [6.07, 6.45) is 0. The topological polar surface area (TPSA) is 72.5 Å². The number of anilines is 1. The summed E-state index contributed by atoms with van der Waals surface area (Å²) in [5.41, 5.74) is 7.14. The molecule has 0 aliphatic carbocycles. The van der Waals surface area contributed by atoms with E-state index >= 15 is 0 Å². The van der Waals surface area contributed by atoms with Gasteiger partial charge in [-0.25, -0.2) is 4.79 Å². The van der Waals surface area contributed by atoms with Gasteiger partial charge in [-0.2, -0.15) is 0 Å². The summed E-state index contributed by atoms with van der Waals surface area (Å²) >= 11 is 1.65. The van der Waals surface area contributed by atoms with Crippen molar-refractivity contribution < 1.29 is 14.6 Å². The van der Waals surface area contributed by atoms with Gasteiger partial charge in [0.1, 0.15) is 17.9 Å². The molecule has 0 fully saturated rings. The smallest absolute Gasteiger partial charge is 0.339 e. The number of ether oxygens (including phenoxy) is 1. The number of rotatable bonds is 4. The maximum absolute atomic E-state index is 11.2. The number of nitrogens with two attached hydrogens (primary N) is 1. The Morgan fingerprint density at radius 1 is 1.24 bits per heavy atom. The van der Waals surface area contributed by atoms with Gasteiger partial charge in [0.15, 0.2) is 0 Å². The van der Waals surface area contributed by atoms with E-state index in [4.69, 9.17) is 10.5 Å². The lowest BCUT2D eigenvalue weighted by molar-refractivity contribution is 0.0692. The van der Waals surface area contributed by atoms with Crippen molar-refractivity contribution in [3.63, 3.8) is 0 Å². The van der Waals surface area contributed by atoms with E-state index < -0.39 is 5.97 Å². The van der Waals surface area contributed by atoms with Crippen molar-refractivity contribution >= 4 is 33.1 Å². The summed E-state index contributed by atoms with van der Waals surface area (Å²) in [7, 11) is 0. The Hall–Kier alpha value is -2.53. The molecule has 0 amide bonds. The highest BCUT2D eigenvalue weighted by Gasteiger charge is 2.12. The fourth-order valence-corrected chi connectivity index (χ4v) is 3.09. The number of aromatic carboxylic acids is 1. The maximum atomic E-state index is 11.2. The van der Waals surface area contributed by atoms with E-state index in [1.54, 1.807) is 23.5 Å². The third kappa shape index (κ3) is 2.68. The van der Waals surface area contributed by atoms with Crippen molar-refractivity contribution in [2.45, 2.75) is 6.61 Å². The third-order valence-corrected chi connectivity index (χ3v) is 4.19. The number of thiophene rings is 1. The summed E-state index contributed by atoms with van der Waals surface area (Å²) in [5, 5.41) is 12.3. The first-order valence-corrected chi connectivity index (χ1v) is 7.24. The number of fused-ring (bicyclic) bond motifs is 1. The Morgan fingerprint density at radius 3 is 2.86 bits per heavy atom. The lowest BCUT2D eigenvalue weighted by Gasteiger charge is -2.09. The van der Waals surface area contributed by atoms with Crippen molar-refractivity contribution in [1.82, 2.24) is 0 Å². The fourth-order valence-electron chi connectivity index (χ4n) is 2.14. The van der Waals surface area contributed by atoms with Crippen LogP contribution < -0.4 is 10.5 Å². The quantitative estimate of drug-likeness (QED) is 0.719. The number of carboxylic acids is 1. The molecule has 0 unspecified atom stereocenters. The molecule has 0 bridgehead atoms. The lowest BCUT2D eigenvalue weighted by atomic mass is 10.1. The predicted octanol–water partition coefficient (Wildman–Crippen LogP) is 3.76. The minimum absolute atomic E-state index is 0.0783. The minimum Gasteiger partial charge on any atom is -0.488 e. The molecule has 21 heavy (non-hydrogen) atoms. The van der Waals surface area contributed by atoms with Gasteiger partial charge in [-0.3, -0.25) is 0 Å². The van der Waals surface area contributed by atoms with E-state index in [1.165, 1.54) is 10.8 Å². The fraction of sp³-hybridized carbons (Fsp3) is 0.0625. The number of carbonyl (C=O) groups is 1. The van der Waals surface area contributed by atoms with Crippen LogP contribution in [0.2, 0.25) is 0 Å². The van der Waals surface area contributed by atoms with Gasteiger partial charge in [0.2, 0.25) is 0 Å². The Balaban J connectivity index is 1.87. The number of hydrogen-bond donors (Lipinski definition) is 2. The van der Waals surface area contributed by atoms with E-state index in [1.807, 2.05) is 23.6 Å². The van der Waals surface area contributed by atoms with E-state index in [-0.39, 0.29) is 5.56 Å². The second-order valence-corrected chi connectivity index (χ2v) is 5.52. The zero-order chi connectivity index (χ0) is 14.8. The number of hydrogen-bond acceptors (Lipinski definition) is 4. The molecular weight excluding hydrogens is 286 g/mol. The molecule has 2 aromatic carbocycles. The molecule has 0 aliphatic heterocycles. The molecule has 0 saturated heterocycles. The zero-order valence-electron chi connectivity index (χ0n) is 11.1. The van der Waals surface area contributed by atoms with Crippen molar-refractivity contribution in [2.75, 3.05) is 5.73 Å². The normalized spacial score (nSPS) is 10.7. The average Bonchev–Trinajstić information content (AvgIpc) is 2.89. The zero-order valence-corrected chi connectivity index (χ0v) is 11.9. The van der Waals surface area contributed by atoms with Crippen LogP contribution in [0, 0.1) is 0 Å². The van der Waals surface area contributed by atoms with Crippen molar-refractivity contribution in [3.8, 4) is 5.75 Å². The molecule has 0 aliphatic rings. The van der Waals surface area contributed by atoms with Gasteiger partial charge >= 0.3 is 5.97 Å². The standard InChI is InChI=1S/C16H13NO3S/c17-11-5-6-14(13(7-11)16(18)19)20-8-10-9-21-15-4-2-1-3-12(10)15/h1-7,9H,8,17H2,(H,18,19). The van der Waals surface area contributed by atoms with Crippen molar-refractivity contribution in [1.29, 1.82) is 0 Å². The Kier molecular flexibility index (Phi) is 3.50. The highest BCUT2D eigenvalue weighted by Crippen LogP contribution is 2.28. The Bertz CT molecular complexity index is 810. The largest absolute Gasteiger partial charge is 0.488 e. The molecule has 0 atom stereocenters. The number of benzene rings is 2. The molecule has 3 N–H and O–H groups in total. The van der Waals surface area contributed by atoms with Gasteiger partial charge in [0, 0.05) is 16.0 Å². The van der Waals surface area contributed by atoms with Gasteiger partial charge in [-0.15, -0.1) is 11.3 Å². The molecule has 3 aromatic rings. The summed E-state index contributed by atoms with van der Waals surface area (Å²) in [4.78, 5) is 11.2. The van der Waals surface area contributed by atoms with Crippen LogP contribution in [-0.4, -0.2) is 11.1 Å². The third-order valence-electron chi connectivity index (χ3n) is 3.18. The summed E-state index contributed by atoms with van der Waals surface area (Å²) in [6.45, 7) is 0.328. The summed E-state index contributed by atoms with van der Waals surface area (Å²) < 4.78 is 6.86. The Labute approximate surface area is 125 Å². The van der Waals surface area contributed by atoms with Crippen LogP contribution in [0.3, 0.4) is 0 Å². The van der Waals surface area contributed by atoms with Crippen molar-refractivity contribution in [3.05, 3.63) is 59.0 Å². The van der Waals surface area contributed by atoms with Crippen LogP contribution in [0.1, 0.15) is 15.9 Å². The maximum Gasteiger partial charge on any atom is 0.339 e. The van der Waals surface area contributed by atoms with E-state index in [2.05, 4.69) is 6.07 Å². The van der Waals surface area contributed by atoms with Gasteiger partial charge in [0.05, 0.1) is 0 Å². The van der Waals surface area contributed by atoms with Crippen LogP contribution in [0.15, 0.2) is 47.8 Å². The number of nitrogen functional groups attached to an aromatic ring is 1. The molecule has 0 spiro atoms. The second-order valence-electron chi connectivity index (χ2n) is 4.61. The number of carboxylic acid groups (broad SMARTS) is 1. The molecule has 0 saturated carbocycles.